The van der Waals surface area contributed by atoms with Crippen LogP contribution in [0.2, 0.25) is 0 Å². The number of nitrogens with zero attached hydrogens (tertiary/aromatic N) is 1. The molecule has 0 bridgehead atoms. The molecule has 1 heterocycles. The largest absolute Gasteiger partial charge is 0.462 e. The van der Waals surface area contributed by atoms with Gasteiger partial charge in [0.25, 0.3) is 0 Å². The quantitative estimate of drug-likeness (QED) is 0.362. The molecule has 0 amide bonds. The van der Waals surface area contributed by atoms with E-state index in [4.69, 9.17) is 28.4 Å². The van der Waals surface area contributed by atoms with Crippen LogP contribution in [0.1, 0.15) is 102 Å². The fraction of sp³-hybridized carbons (Fsp3) is 0.696. The number of carbonyl (C=O) groups is 2. The highest BCUT2D eigenvalue weighted by Crippen LogP contribution is 2.41. The minimum Gasteiger partial charge on any atom is -0.462 e. The van der Waals surface area contributed by atoms with Crippen molar-refractivity contribution in [1.29, 1.82) is 0 Å². The number of hydrogen-bond acceptors (Lipinski definition) is 9. The van der Waals surface area contributed by atoms with Crippen LogP contribution in [0, 0.1) is 0 Å². The van der Waals surface area contributed by atoms with Crippen molar-refractivity contribution in [1.82, 2.24) is 4.98 Å². The minimum atomic E-state index is -0.957. The maximum atomic E-state index is 13.2. The minimum absolute atomic E-state index is 0.0632. The summed E-state index contributed by atoms with van der Waals surface area (Å²) in [6.45, 7) is 3.79. The molecule has 0 atom stereocenters. The molecule has 1 aromatic heterocycles. The Hall–Kier alpha value is -2.07. The number of pyridine rings is 1. The SMILES string of the molecule is CCOC(=O)c1c(C(OC)OC)nc(C(OC)OC)c(C(=O)OCC)c1C1CCCCC1. The van der Waals surface area contributed by atoms with Gasteiger partial charge in [0.05, 0.1) is 24.3 Å². The van der Waals surface area contributed by atoms with E-state index in [0.29, 0.717) is 5.56 Å². The van der Waals surface area contributed by atoms with Crippen LogP contribution >= 0.6 is 0 Å². The van der Waals surface area contributed by atoms with E-state index in [2.05, 4.69) is 4.98 Å². The molecule has 2 rings (SSSR count). The predicted molar refractivity (Wildman–Crippen MR) is 115 cm³/mol. The fourth-order valence-electron chi connectivity index (χ4n) is 4.26. The van der Waals surface area contributed by atoms with E-state index in [0.717, 1.165) is 32.1 Å². The van der Waals surface area contributed by atoms with Crippen LogP contribution in [-0.4, -0.2) is 58.6 Å². The lowest BCUT2D eigenvalue weighted by atomic mass is 9.79. The molecular weight excluding hydrogens is 418 g/mol. The lowest BCUT2D eigenvalue weighted by Gasteiger charge is -2.30. The first kappa shape index (κ1) is 26.2. The molecule has 9 heteroatoms. The molecule has 0 aromatic carbocycles. The summed E-state index contributed by atoms with van der Waals surface area (Å²) in [6, 6.07) is 0. The van der Waals surface area contributed by atoms with E-state index in [-0.39, 0.29) is 41.6 Å². The van der Waals surface area contributed by atoms with Crippen LogP contribution in [0.15, 0.2) is 0 Å². The molecule has 0 saturated heterocycles. The topological polar surface area (TPSA) is 102 Å². The highest BCUT2D eigenvalue weighted by molar-refractivity contribution is 6.00. The Labute approximate surface area is 189 Å². The molecule has 1 saturated carbocycles. The van der Waals surface area contributed by atoms with Gasteiger partial charge in [0.1, 0.15) is 11.4 Å². The molecular formula is C23H35NO8. The van der Waals surface area contributed by atoms with Crippen LogP contribution in [-0.2, 0) is 28.4 Å². The van der Waals surface area contributed by atoms with E-state index in [1.807, 2.05) is 0 Å². The van der Waals surface area contributed by atoms with Gasteiger partial charge in [0.15, 0.2) is 0 Å². The average Bonchev–Trinajstić information content (AvgIpc) is 2.81. The number of ether oxygens (including phenoxy) is 6. The summed E-state index contributed by atoms with van der Waals surface area (Å²) in [6.07, 6.45) is 2.79. The third-order valence-corrected chi connectivity index (χ3v) is 5.57. The predicted octanol–water partition coefficient (Wildman–Crippen LogP) is 4.07. The highest BCUT2D eigenvalue weighted by atomic mass is 16.7. The molecule has 32 heavy (non-hydrogen) atoms. The van der Waals surface area contributed by atoms with Gasteiger partial charge >= 0.3 is 11.9 Å². The molecule has 0 unspecified atom stereocenters. The van der Waals surface area contributed by atoms with Crippen molar-refractivity contribution in [2.45, 2.75) is 64.4 Å². The van der Waals surface area contributed by atoms with E-state index in [9.17, 15) is 9.59 Å². The normalized spacial score (nSPS) is 14.8. The van der Waals surface area contributed by atoms with Crippen molar-refractivity contribution < 1.29 is 38.0 Å². The molecule has 0 aliphatic heterocycles. The summed E-state index contributed by atoms with van der Waals surface area (Å²) in [7, 11) is 5.81. The van der Waals surface area contributed by atoms with Crippen molar-refractivity contribution in [2.75, 3.05) is 41.7 Å². The van der Waals surface area contributed by atoms with E-state index in [1.54, 1.807) is 13.8 Å². The zero-order valence-corrected chi connectivity index (χ0v) is 19.9. The fourth-order valence-corrected chi connectivity index (χ4v) is 4.26. The molecule has 1 aromatic rings. The Morgan fingerprint density at radius 3 is 1.53 bits per heavy atom. The zero-order chi connectivity index (χ0) is 23.7. The van der Waals surface area contributed by atoms with Gasteiger partial charge in [-0.05, 0) is 38.2 Å². The average molecular weight is 454 g/mol. The van der Waals surface area contributed by atoms with Gasteiger partial charge in [-0.3, -0.25) is 0 Å². The summed E-state index contributed by atoms with van der Waals surface area (Å²) >= 11 is 0. The number of carbonyl (C=O) groups excluding carboxylic acids is 2. The standard InChI is InChI=1S/C23H35NO8/c1-7-31-20(25)16-15(14-12-10-9-11-13-14)17(21(26)32-8-2)19(23(29-5)30-6)24-18(16)22(27-3)28-4/h14,22-23H,7-13H2,1-6H3. The number of methoxy groups -OCH3 is 4. The van der Waals surface area contributed by atoms with Crippen molar-refractivity contribution in [2.24, 2.45) is 0 Å². The summed E-state index contributed by atoms with van der Waals surface area (Å²) in [5, 5.41) is 0. The Kier molecular flexibility index (Phi) is 10.5. The van der Waals surface area contributed by atoms with Crippen LogP contribution in [0.3, 0.4) is 0 Å². The smallest absolute Gasteiger partial charge is 0.340 e. The summed E-state index contributed by atoms with van der Waals surface area (Å²) < 4.78 is 32.6. The third-order valence-electron chi connectivity index (χ3n) is 5.57. The summed E-state index contributed by atoms with van der Waals surface area (Å²) in [5.41, 5.74) is 1.35. The zero-order valence-electron chi connectivity index (χ0n) is 19.9. The van der Waals surface area contributed by atoms with Crippen LogP contribution < -0.4 is 0 Å². The number of esters is 2. The number of aromatic nitrogens is 1. The Balaban J connectivity index is 2.98. The summed E-state index contributed by atoms with van der Waals surface area (Å²) in [4.78, 5) is 31.1. The van der Waals surface area contributed by atoms with Crippen molar-refractivity contribution >= 4 is 11.9 Å². The van der Waals surface area contributed by atoms with Gasteiger partial charge in [-0.1, -0.05) is 19.3 Å². The van der Waals surface area contributed by atoms with Gasteiger partial charge in [0.2, 0.25) is 12.6 Å². The molecule has 0 spiro atoms. The number of hydrogen-bond donors (Lipinski definition) is 0. The molecule has 180 valence electrons. The number of rotatable bonds is 11. The van der Waals surface area contributed by atoms with Crippen LogP contribution in [0.4, 0.5) is 0 Å². The van der Waals surface area contributed by atoms with Gasteiger partial charge in [0, 0.05) is 28.4 Å². The van der Waals surface area contributed by atoms with Crippen molar-refractivity contribution in [3.8, 4) is 0 Å². The monoisotopic (exact) mass is 453 g/mol. The lowest BCUT2D eigenvalue weighted by Crippen LogP contribution is -2.27. The van der Waals surface area contributed by atoms with Crippen LogP contribution in [0.5, 0.6) is 0 Å². The molecule has 1 fully saturated rings. The second kappa shape index (κ2) is 12.8. The summed E-state index contributed by atoms with van der Waals surface area (Å²) in [5.74, 6) is -1.23. The first-order chi connectivity index (χ1) is 15.5. The highest BCUT2D eigenvalue weighted by Gasteiger charge is 2.38. The Bertz CT molecular complexity index is 716. The van der Waals surface area contributed by atoms with Gasteiger partial charge in [-0.25, -0.2) is 14.6 Å². The van der Waals surface area contributed by atoms with Crippen molar-refractivity contribution in [3.63, 3.8) is 0 Å². The second-order valence-electron chi connectivity index (χ2n) is 7.43. The van der Waals surface area contributed by atoms with Gasteiger partial charge in [-0.15, -0.1) is 0 Å². The lowest BCUT2D eigenvalue weighted by molar-refractivity contribution is -0.116. The first-order valence-corrected chi connectivity index (χ1v) is 11.0. The molecule has 9 nitrogen and oxygen atoms in total. The third kappa shape index (κ3) is 5.64. The Morgan fingerprint density at radius 1 is 0.781 bits per heavy atom. The van der Waals surface area contributed by atoms with E-state index in [1.165, 1.54) is 28.4 Å². The first-order valence-electron chi connectivity index (χ1n) is 11.0. The van der Waals surface area contributed by atoms with Crippen LogP contribution in [0.25, 0.3) is 0 Å². The Morgan fingerprint density at radius 2 is 1.19 bits per heavy atom. The maximum absolute atomic E-state index is 13.2. The molecule has 0 radical (unpaired) electrons. The van der Waals surface area contributed by atoms with Gasteiger partial charge < -0.3 is 28.4 Å². The van der Waals surface area contributed by atoms with E-state index >= 15 is 0 Å². The molecule has 1 aliphatic carbocycles. The maximum Gasteiger partial charge on any atom is 0.340 e. The van der Waals surface area contributed by atoms with Gasteiger partial charge in [-0.2, -0.15) is 0 Å². The van der Waals surface area contributed by atoms with Crippen molar-refractivity contribution in [3.05, 3.63) is 28.1 Å². The van der Waals surface area contributed by atoms with E-state index < -0.39 is 24.5 Å². The molecule has 0 N–H and O–H groups in total. The second-order valence-corrected chi connectivity index (χ2v) is 7.43. The molecule has 1 aliphatic rings.